The molecule has 1 heterocycles. The summed E-state index contributed by atoms with van der Waals surface area (Å²) in [6.07, 6.45) is 4.50. The topological polar surface area (TPSA) is 63.2 Å². The first-order valence-electron chi connectivity index (χ1n) is 7.33. The molecule has 5 nitrogen and oxygen atoms in total. The molecule has 20 heavy (non-hydrogen) atoms. The third-order valence-electron chi connectivity index (χ3n) is 2.68. The molecule has 1 amide bonds. The van der Waals surface area contributed by atoms with E-state index in [0.717, 1.165) is 38.2 Å². The van der Waals surface area contributed by atoms with E-state index in [2.05, 4.69) is 29.5 Å². The zero-order chi connectivity index (χ0) is 14.6. The molecule has 1 aromatic rings. The number of aromatic nitrogens is 1. The van der Waals surface area contributed by atoms with Gasteiger partial charge < -0.3 is 15.4 Å². The number of nitrogens with zero attached hydrogens (tertiary/aromatic N) is 1. The van der Waals surface area contributed by atoms with E-state index in [-0.39, 0.29) is 5.91 Å². The molecule has 112 valence electrons. The van der Waals surface area contributed by atoms with Gasteiger partial charge in [-0.15, -0.1) is 0 Å². The highest BCUT2D eigenvalue weighted by atomic mass is 16.5. The minimum atomic E-state index is -0.0879. The Morgan fingerprint density at radius 1 is 1.20 bits per heavy atom. The second-order valence-corrected chi connectivity index (χ2v) is 4.58. The summed E-state index contributed by atoms with van der Waals surface area (Å²) in [5.74, 6) is 0.714. The van der Waals surface area contributed by atoms with Gasteiger partial charge in [-0.25, -0.2) is 4.98 Å². The van der Waals surface area contributed by atoms with Crippen LogP contribution in [0.3, 0.4) is 0 Å². The minimum absolute atomic E-state index is 0.0879. The lowest BCUT2D eigenvalue weighted by atomic mass is 10.2. The van der Waals surface area contributed by atoms with Crippen molar-refractivity contribution in [3.05, 3.63) is 23.9 Å². The fraction of sp³-hybridized carbons (Fsp3) is 0.600. The summed E-state index contributed by atoms with van der Waals surface area (Å²) < 4.78 is 5.35. The Labute approximate surface area is 121 Å². The Morgan fingerprint density at radius 3 is 2.70 bits per heavy atom. The van der Waals surface area contributed by atoms with Crippen molar-refractivity contribution in [2.24, 2.45) is 0 Å². The zero-order valence-electron chi connectivity index (χ0n) is 12.4. The first-order valence-corrected chi connectivity index (χ1v) is 7.33. The number of anilines is 1. The maximum Gasteiger partial charge on any atom is 0.252 e. The molecule has 0 aromatic carbocycles. The summed E-state index contributed by atoms with van der Waals surface area (Å²) in [6, 6.07) is 3.61. The van der Waals surface area contributed by atoms with E-state index in [1.807, 2.05) is 6.07 Å². The number of rotatable bonds is 10. The lowest BCUT2D eigenvalue weighted by Crippen LogP contribution is -2.25. The van der Waals surface area contributed by atoms with Crippen LogP contribution in [0.5, 0.6) is 0 Å². The normalized spacial score (nSPS) is 10.3. The molecular formula is C15H25N3O2. The van der Waals surface area contributed by atoms with E-state index in [0.29, 0.717) is 18.7 Å². The monoisotopic (exact) mass is 279 g/mol. The molecule has 0 aliphatic heterocycles. The Hall–Kier alpha value is -1.62. The maximum absolute atomic E-state index is 11.8. The van der Waals surface area contributed by atoms with Crippen LogP contribution in [-0.2, 0) is 4.74 Å². The van der Waals surface area contributed by atoms with Crippen LogP contribution in [0.15, 0.2) is 18.3 Å². The molecule has 5 heteroatoms. The smallest absolute Gasteiger partial charge is 0.252 e. The summed E-state index contributed by atoms with van der Waals surface area (Å²) in [5, 5.41) is 6.03. The summed E-state index contributed by atoms with van der Waals surface area (Å²) in [5.41, 5.74) is 0.585. The number of hydrogen-bond donors (Lipinski definition) is 2. The van der Waals surface area contributed by atoms with Gasteiger partial charge in [0.1, 0.15) is 5.82 Å². The van der Waals surface area contributed by atoms with Crippen LogP contribution in [0.2, 0.25) is 0 Å². The van der Waals surface area contributed by atoms with Gasteiger partial charge in [0, 0.05) is 32.5 Å². The van der Waals surface area contributed by atoms with Crippen molar-refractivity contribution in [2.75, 3.05) is 31.6 Å². The SMILES string of the molecule is CCCNc1ccc(C(=O)NCCCOCCC)cn1. The van der Waals surface area contributed by atoms with E-state index in [1.54, 1.807) is 12.3 Å². The first-order chi connectivity index (χ1) is 9.77. The van der Waals surface area contributed by atoms with Crippen LogP contribution in [0.25, 0.3) is 0 Å². The molecule has 0 bridgehead atoms. The Bertz CT molecular complexity index is 379. The zero-order valence-corrected chi connectivity index (χ0v) is 12.4. The molecule has 0 spiro atoms. The molecule has 0 aliphatic rings. The van der Waals surface area contributed by atoms with Crippen LogP contribution >= 0.6 is 0 Å². The molecule has 0 saturated heterocycles. The highest BCUT2D eigenvalue weighted by Gasteiger charge is 2.05. The average molecular weight is 279 g/mol. The van der Waals surface area contributed by atoms with Crippen molar-refractivity contribution in [3.8, 4) is 0 Å². The van der Waals surface area contributed by atoms with Gasteiger partial charge in [-0.2, -0.15) is 0 Å². The number of carbonyl (C=O) groups excluding carboxylic acids is 1. The summed E-state index contributed by atoms with van der Waals surface area (Å²) in [7, 11) is 0. The third kappa shape index (κ3) is 6.52. The Kier molecular flexibility index (Phi) is 8.38. The van der Waals surface area contributed by atoms with Gasteiger partial charge in [0.25, 0.3) is 5.91 Å². The predicted molar refractivity (Wildman–Crippen MR) is 81.1 cm³/mol. The Balaban J connectivity index is 2.25. The van der Waals surface area contributed by atoms with E-state index in [9.17, 15) is 4.79 Å². The Morgan fingerprint density at radius 2 is 2.05 bits per heavy atom. The average Bonchev–Trinajstić information content (AvgIpc) is 2.49. The number of carbonyl (C=O) groups is 1. The van der Waals surface area contributed by atoms with Gasteiger partial charge in [0.15, 0.2) is 0 Å². The van der Waals surface area contributed by atoms with Crippen molar-refractivity contribution in [3.63, 3.8) is 0 Å². The van der Waals surface area contributed by atoms with E-state index >= 15 is 0 Å². The molecule has 2 N–H and O–H groups in total. The highest BCUT2D eigenvalue weighted by Crippen LogP contribution is 2.05. The van der Waals surface area contributed by atoms with Crippen LogP contribution in [0, 0.1) is 0 Å². The standard InChI is InChI=1S/C15H25N3O2/c1-3-8-16-14-7-6-13(12-18-14)15(19)17-9-5-11-20-10-4-2/h6-7,12H,3-5,8-11H2,1-2H3,(H,16,18)(H,17,19). The quantitative estimate of drug-likeness (QED) is 0.646. The molecule has 1 aromatic heterocycles. The molecule has 0 fully saturated rings. The van der Waals surface area contributed by atoms with Crippen molar-refractivity contribution in [2.45, 2.75) is 33.1 Å². The van der Waals surface area contributed by atoms with Crippen molar-refractivity contribution < 1.29 is 9.53 Å². The number of amides is 1. The van der Waals surface area contributed by atoms with Gasteiger partial charge in [0.2, 0.25) is 0 Å². The largest absolute Gasteiger partial charge is 0.381 e. The molecular weight excluding hydrogens is 254 g/mol. The predicted octanol–water partition coefficient (Wildman–Crippen LogP) is 2.45. The second-order valence-electron chi connectivity index (χ2n) is 4.58. The van der Waals surface area contributed by atoms with E-state index in [1.165, 1.54) is 0 Å². The first kappa shape index (κ1) is 16.4. The molecule has 0 aliphatic carbocycles. The van der Waals surface area contributed by atoms with Crippen molar-refractivity contribution in [1.29, 1.82) is 0 Å². The van der Waals surface area contributed by atoms with Crippen LogP contribution in [0.1, 0.15) is 43.5 Å². The van der Waals surface area contributed by atoms with Gasteiger partial charge in [-0.1, -0.05) is 13.8 Å². The third-order valence-corrected chi connectivity index (χ3v) is 2.68. The fourth-order valence-electron chi connectivity index (χ4n) is 1.61. The minimum Gasteiger partial charge on any atom is -0.381 e. The van der Waals surface area contributed by atoms with Crippen molar-refractivity contribution in [1.82, 2.24) is 10.3 Å². The van der Waals surface area contributed by atoms with Crippen LogP contribution in [0.4, 0.5) is 5.82 Å². The molecule has 0 unspecified atom stereocenters. The number of hydrogen-bond acceptors (Lipinski definition) is 4. The van der Waals surface area contributed by atoms with Crippen LogP contribution in [-0.4, -0.2) is 37.2 Å². The maximum atomic E-state index is 11.8. The van der Waals surface area contributed by atoms with Gasteiger partial charge >= 0.3 is 0 Å². The van der Waals surface area contributed by atoms with Gasteiger partial charge in [-0.3, -0.25) is 4.79 Å². The van der Waals surface area contributed by atoms with E-state index in [4.69, 9.17) is 4.74 Å². The molecule has 0 radical (unpaired) electrons. The summed E-state index contributed by atoms with van der Waals surface area (Å²) in [6.45, 7) is 7.15. The lowest BCUT2D eigenvalue weighted by molar-refractivity contribution is 0.0941. The summed E-state index contributed by atoms with van der Waals surface area (Å²) >= 11 is 0. The molecule has 0 saturated carbocycles. The lowest BCUT2D eigenvalue weighted by Gasteiger charge is -2.07. The molecule has 0 atom stereocenters. The molecule has 1 rings (SSSR count). The number of nitrogens with one attached hydrogen (secondary N) is 2. The van der Waals surface area contributed by atoms with Gasteiger partial charge in [-0.05, 0) is 31.4 Å². The highest BCUT2D eigenvalue weighted by molar-refractivity contribution is 5.93. The second kappa shape index (κ2) is 10.2. The number of ether oxygens (including phenoxy) is 1. The number of pyridine rings is 1. The van der Waals surface area contributed by atoms with Crippen LogP contribution < -0.4 is 10.6 Å². The van der Waals surface area contributed by atoms with E-state index < -0.39 is 0 Å². The van der Waals surface area contributed by atoms with Gasteiger partial charge in [0.05, 0.1) is 5.56 Å². The van der Waals surface area contributed by atoms with Crippen molar-refractivity contribution >= 4 is 11.7 Å². The fourth-order valence-corrected chi connectivity index (χ4v) is 1.61. The summed E-state index contributed by atoms with van der Waals surface area (Å²) in [4.78, 5) is 16.1.